The molecule has 0 aromatic heterocycles. The van der Waals surface area contributed by atoms with Crippen LogP contribution in [0.4, 0.5) is 18.9 Å². The molecule has 0 saturated carbocycles. The summed E-state index contributed by atoms with van der Waals surface area (Å²) in [5, 5.41) is 2.64. The molecule has 2 rings (SSSR count). The Bertz CT molecular complexity index is 722. The van der Waals surface area contributed by atoms with Crippen molar-refractivity contribution in [3.05, 3.63) is 53.8 Å². The molecule has 134 valence electrons. The van der Waals surface area contributed by atoms with E-state index in [1.165, 1.54) is 24.3 Å². The van der Waals surface area contributed by atoms with Gasteiger partial charge in [-0.3, -0.25) is 4.79 Å². The van der Waals surface area contributed by atoms with E-state index < -0.39 is 12.4 Å². The standard InChI is InChI=1S/C18H18F3NO3/c1-12-14(7-4-9-15(12)25-18(20)21)22-17(23)10-5-11-24-16-8-3-2-6-13(16)19/h2-4,6-9,18H,5,10-11H2,1H3,(H,22,23). The fourth-order valence-corrected chi connectivity index (χ4v) is 2.16. The minimum Gasteiger partial charge on any atom is -0.491 e. The van der Waals surface area contributed by atoms with E-state index in [0.29, 0.717) is 17.7 Å². The Hall–Kier alpha value is -2.70. The highest BCUT2D eigenvalue weighted by atomic mass is 19.3. The molecule has 0 atom stereocenters. The fraction of sp³-hybridized carbons (Fsp3) is 0.278. The van der Waals surface area contributed by atoms with Crippen LogP contribution in [0.5, 0.6) is 11.5 Å². The van der Waals surface area contributed by atoms with E-state index in [0.717, 1.165) is 0 Å². The van der Waals surface area contributed by atoms with Crippen LogP contribution < -0.4 is 14.8 Å². The molecule has 0 heterocycles. The monoisotopic (exact) mass is 353 g/mol. The summed E-state index contributed by atoms with van der Waals surface area (Å²) in [5.74, 6) is -0.612. The molecule has 0 aliphatic carbocycles. The van der Waals surface area contributed by atoms with Crippen LogP contribution in [0.1, 0.15) is 18.4 Å². The van der Waals surface area contributed by atoms with Crippen molar-refractivity contribution >= 4 is 11.6 Å². The first kappa shape index (κ1) is 18.6. The van der Waals surface area contributed by atoms with E-state index in [4.69, 9.17) is 4.74 Å². The van der Waals surface area contributed by atoms with Crippen molar-refractivity contribution in [3.8, 4) is 11.5 Å². The summed E-state index contributed by atoms with van der Waals surface area (Å²) in [6, 6.07) is 10.5. The van der Waals surface area contributed by atoms with Crippen LogP contribution in [0.3, 0.4) is 0 Å². The van der Waals surface area contributed by atoms with Crippen molar-refractivity contribution < 1.29 is 27.4 Å². The molecular formula is C18H18F3NO3. The molecule has 0 unspecified atom stereocenters. The van der Waals surface area contributed by atoms with E-state index in [1.807, 2.05) is 0 Å². The van der Waals surface area contributed by atoms with E-state index in [2.05, 4.69) is 10.1 Å². The maximum Gasteiger partial charge on any atom is 0.387 e. The smallest absolute Gasteiger partial charge is 0.387 e. The van der Waals surface area contributed by atoms with Gasteiger partial charge in [0.1, 0.15) is 5.75 Å². The number of ether oxygens (including phenoxy) is 2. The van der Waals surface area contributed by atoms with Crippen LogP contribution in [0.2, 0.25) is 0 Å². The number of carbonyl (C=O) groups excluding carboxylic acids is 1. The Balaban J connectivity index is 1.81. The Morgan fingerprint density at radius 2 is 1.84 bits per heavy atom. The van der Waals surface area contributed by atoms with E-state index in [1.54, 1.807) is 25.1 Å². The number of hydrogen-bond donors (Lipinski definition) is 1. The predicted molar refractivity (Wildman–Crippen MR) is 87.6 cm³/mol. The van der Waals surface area contributed by atoms with Gasteiger partial charge in [0.25, 0.3) is 0 Å². The van der Waals surface area contributed by atoms with Crippen LogP contribution in [0.25, 0.3) is 0 Å². The lowest BCUT2D eigenvalue weighted by Crippen LogP contribution is -2.14. The van der Waals surface area contributed by atoms with Crippen molar-refractivity contribution in [2.24, 2.45) is 0 Å². The summed E-state index contributed by atoms with van der Waals surface area (Å²) in [6.07, 6.45) is 0.528. The van der Waals surface area contributed by atoms with Crippen molar-refractivity contribution in [1.82, 2.24) is 0 Å². The highest BCUT2D eigenvalue weighted by molar-refractivity contribution is 5.91. The molecule has 4 nitrogen and oxygen atoms in total. The predicted octanol–water partition coefficient (Wildman–Crippen LogP) is 4.53. The summed E-state index contributed by atoms with van der Waals surface area (Å²) >= 11 is 0. The number of benzene rings is 2. The molecule has 2 aromatic carbocycles. The minimum absolute atomic E-state index is 0.00989. The SMILES string of the molecule is Cc1c(NC(=O)CCCOc2ccccc2F)cccc1OC(F)F. The molecule has 0 bridgehead atoms. The molecule has 0 radical (unpaired) electrons. The third-order valence-electron chi connectivity index (χ3n) is 3.42. The number of hydrogen-bond acceptors (Lipinski definition) is 3. The number of alkyl halides is 2. The van der Waals surface area contributed by atoms with E-state index in [-0.39, 0.29) is 30.4 Å². The molecule has 2 aromatic rings. The second kappa shape index (κ2) is 8.96. The number of halogens is 3. The van der Waals surface area contributed by atoms with Gasteiger partial charge in [-0.1, -0.05) is 18.2 Å². The third-order valence-corrected chi connectivity index (χ3v) is 3.42. The number of carbonyl (C=O) groups is 1. The molecule has 1 amide bonds. The molecular weight excluding hydrogens is 335 g/mol. The van der Waals surface area contributed by atoms with Crippen LogP contribution in [-0.2, 0) is 4.79 Å². The zero-order valence-corrected chi connectivity index (χ0v) is 13.6. The summed E-state index contributed by atoms with van der Waals surface area (Å²) in [6.45, 7) is -1.17. The molecule has 0 aliphatic heterocycles. The second-order valence-electron chi connectivity index (χ2n) is 5.24. The van der Waals surface area contributed by atoms with Gasteiger partial charge in [0, 0.05) is 17.7 Å². The molecule has 0 spiro atoms. The first-order chi connectivity index (χ1) is 12.0. The Kier molecular flexibility index (Phi) is 6.68. The van der Waals surface area contributed by atoms with Gasteiger partial charge >= 0.3 is 6.61 Å². The Morgan fingerprint density at radius 3 is 2.56 bits per heavy atom. The van der Waals surface area contributed by atoms with Crippen LogP contribution in [0.15, 0.2) is 42.5 Å². The third kappa shape index (κ3) is 5.70. The largest absolute Gasteiger partial charge is 0.491 e. The summed E-state index contributed by atoms with van der Waals surface area (Å²) in [5.41, 5.74) is 0.817. The Morgan fingerprint density at radius 1 is 1.12 bits per heavy atom. The molecule has 25 heavy (non-hydrogen) atoms. The number of para-hydroxylation sites is 1. The zero-order chi connectivity index (χ0) is 18.2. The van der Waals surface area contributed by atoms with Gasteiger partial charge in [0.2, 0.25) is 5.91 Å². The Labute approximate surface area is 143 Å². The first-order valence-corrected chi connectivity index (χ1v) is 7.69. The lowest BCUT2D eigenvalue weighted by molar-refractivity contribution is -0.116. The maximum absolute atomic E-state index is 13.4. The van der Waals surface area contributed by atoms with Gasteiger partial charge in [0.05, 0.1) is 6.61 Å². The van der Waals surface area contributed by atoms with Crippen molar-refractivity contribution in [3.63, 3.8) is 0 Å². The van der Waals surface area contributed by atoms with Crippen molar-refractivity contribution in [2.45, 2.75) is 26.4 Å². The molecule has 7 heteroatoms. The molecule has 0 saturated heterocycles. The number of rotatable bonds is 8. The number of nitrogens with one attached hydrogen (secondary N) is 1. The van der Waals surface area contributed by atoms with Gasteiger partial charge in [-0.2, -0.15) is 8.78 Å². The number of amides is 1. The van der Waals surface area contributed by atoms with Crippen molar-refractivity contribution in [2.75, 3.05) is 11.9 Å². The van der Waals surface area contributed by atoms with E-state index >= 15 is 0 Å². The van der Waals surface area contributed by atoms with Crippen LogP contribution in [0, 0.1) is 12.7 Å². The topological polar surface area (TPSA) is 47.6 Å². The average molecular weight is 353 g/mol. The summed E-state index contributed by atoms with van der Waals surface area (Å²) in [4.78, 5) is 11.9. The van der Waals surface area contributed by atoms with Crippen LogP contribution in [-0.4, -0.2) is 19.1 Å². The quantitative estimate of drug-likeness (QED) is 0.709. The van der Waals surface area contributed by atoms with Gasteiger partial charge in [-0.25, -0.2) is 4.39 Å². The molecule has 1 N–H and O–H groups in total. The van der Waals surface area contributed by atoms with Crippen LogP contribution >= 0.6 is 0 Å². The number of anilines is 1. The van der Waals surface area contributed by atoms with Crippen molar-refractivity contribution in [1.29, 1.82) is 0 Å². The second-order valence-corrected chi connectivity index (χ2v) is 5.24. The molecule has 0 fully saturated rings. The normalized spacial score (nSPS) is 10.6. The highest BCUT2D eigenvalue weighted by Crippen LogP contribution is 2.27. The summed E-state index contributed by atoms with van der Waals surface area (Å²) < 4.78 is 47.7. The van der Waals surface area contributed by atoms with Gasteiger partial charge in [-0.15, -0.1) is 0 Å². The first-order valence-electron chi connectivity index (χ1n) is 7.69. The van der Waals surface area contributed by atoms with Gasteiger partial charge in [0.15, 0.2) is 11.6 Å². The average Bonchev–Trinajstić information content (AvgIpc) is 2.56. The zero-order valence-electron chi connectivity index (χ0n) is 13.6. The summed E-state index contributed by atoms with van der Waals surface area (Å²) in [7, 11) is 0. The lowest BCUT2D eigenvalue weighted by Gasteiger charge is -2.13. The van der Waals surface area contributed by atoms with E-state index in [9.17, 15) is 18.0 Å². The fourth-order valence-electron chi connectivity index (χ4n) is 2.16. The minimum atomic E-state index is -2.93. The highest BCUT2D eigenvalue weighted by Gasteiger charge is 2.12. The lowest BCUT2D eigenvalue weighted by atomic mass is 10.1. The van der Waals surface area contributed by atoms with Gasteiger partial charge < -0.3 is 14.8 Å². The van der Waals surface area contributed by atoms with Gasteiger partial charge in [-0.05, 0) is 37.6 Å². The maximum atomic E-state index is 13.4. The molecule has 0 aliphatic rings.